The summed E-state index contributed by atoms with van der Waals surface area (Å²) < 4.78 is 5.29. The molecule has 0 spiro atoms. The highest BCUT2D eigenvalue weighted by Crippen LogP contribution is 2.22. The van der Waals surface area contributed by atoms with Crippen LogP contribution in [0.2, 0.25) is 0 Å². The third-order valence-corrected chi connectivity index (χ3v) is 2.77. The molecular formula is C10H14BNO3. The van der Waals surface area contributed by atoms with Crippen LogP contribution in [0.4, 0.5) is 0 Å². The van der Waals surface area contributed by atoms with Crippen LogP contribution in [-0.4, -0.2) is 35.4 Å². The van der Waals surface area contributed by atoms with Gasteiger partial charge in [-0.25, -0.2) is 0 Å². The Morgan fingerprint density at radius 2 is 2.27 bits per heavy atom. The fourth-order valence-corrected chi connectivity index (χ4v) is 1.86. The van der Waals surface area contributed by atoms with Gasteiger partial charge in [0, 0.05) is 29.4 Å². The Morgan fingerprint density at radius 1 is 1.47 bits per heavy atom. The van der Waals surface area contributed by atoms with Gasteiger partial charge in [-0.1, -0.05) is 6.07 Å². The van der Waals surface area contributed by atoms with Crippen molar-refractivity contribution in [1.82, 2.24) is 4.98 Å². The van der Waals surface area contributed by atoms with Gasteiger partial charge >= 0.3 is 7.12 Å². The van der Waals surface area contributed by atoms with Gasteiger partial charge in [-0.05, 0) is 19.4 Å². The van der Waals surface area contributed by atoms with E-state index in [-0.39, 0.29) is 0 Å². The lowest BCUT2D eigenvalue weighted by atomic mass is 9.79. The summed E-state index contributed by atoms with van der Waals surface area (Å²) in [5.41, 5.74) is 2.13. The molecule has 0 radical (unpaired) electrons. The molecule has 80 valence electrons. The van der Waals surface area contributed by atoms with Crippen LogP contribution in [0.5, 0.6) is 0 Å². The lowest BCUT2D eigenvalue weighted by molar-refractivity contribution is 0.193. The van der Waals surface area contributed by atoms with E-state index < -0.39 is 7.12 Å². The van der Waals surface area contributed by atoms with E-state index in [0.717, 1.165) is 18.7 Å². The van der Waals surface area contributed by atoms with E-state index in [9.17, 15) is 0 Å². The van der Waals surface area contributed by atoms with Crippen molar-refractivity contribution in [3.8, 4) is 0 Å². The van der Waals surface area contributed by atoms with Crippen LogP contribution in [0.25, 0.3) is 0 Å². The van der Waals surface area contributed by atoms with E-state index >= 15 is 0 Å². The van der Waals surface area contributed by atoms with Crippen LogP contribution < -0.4 is 5.46 Å². The Kier molecular flexibility index (Phi) is 3.04. The largest absolute Gasteiger partial charge is 0.490 e. The maximum absolute atomic E-state index is 9.05. The maximum atomic E-state index is 9.05. The zero-order valence-corrected chi connectivity index (χ0v) is 8.68. The average Bonchev–Trinajstić information content (AvgIpc) is 2.69. The summed E-state index contributed by atoms with van der Waals surface area (Å²) in [4.78, 5) is 4.38. The molecule has 5 heteroatoms. The minimum absolute atomic E-state index is 0.355. The Labute approximate surface area is 89.1 Å². The molecule has 2 heterocycles. The Bertz CT molecular complexity index is 351. The normalized spacial score (nSPS) is 20.6. The average molecular weight is 207 g/mol. The molecule has 1 fully saturated rings. The molecule has 0 aliphatic carbocycles. The zero-order chi connectivity index (χ0) is 10.8. The maximum Gasteiger partial charge on any atom is 0.490 e. The SMILES string of the molecule is Cc1nc(C2CCOC2)ccc1B(O)O. The van der Waals surface area contributed by atoms with Crippen LogP contribution in [-0.2, 0) is 4.74 Å². The quantitative estimate of drug-likeness (QED) is 0.646. The molecule has 1 aliphatic rings. The first kappa shape index (κ1) is 10.6. The Hall–Kier alpha value is -0.905. The number of ether oxygens (including phenoxy) is 1. The molecule has 1 aliphatic heterocycles. The summed E-state index contributed by atoms with van der Waals surface area (Å²) in [6, 6.07) is 3.57. The standard InChI is InChI=1S/C10H14BNO3/c1-7-9(11(13)14)2-3-10(12-7)8-4-5-15-6-8/h2-3,8,13-14H,4-6H2,1H3. The number of nitrogens with zero attached hydrogens (tertiary/aromatic N) is 1. The first-order chi connectivity index (χ1) is 7.18. The second kappa shape index (κ2) is 4.30. The fraction of sp³-hybridized carbons (Fsp3) is 0.500. The van der Waals surface area contributed by atoms with E-state index in [1.54, 1.807) is 13.0 Å². The highest BCUT2D eigenvalue weighted by atomic mass is 16.5. The number of rotatable bonds is 2. The molecule has 4 nitrogen and oxygen atoms in total. The molecular weight excluding hydrogens is 193 g/mol. The van der Waals surface area contributed by atoms with Gasteiger partial charge in [0.2, 0.25) is 0 Å². The van der Waals surface area contributed by atoms with Gasteiger partial charge in [0.05, 0.1) is 6.61 Å². The highest BCUT2D eigenvalue weighted by Gasteiger charge is 2.21. The smallest absolute Gasteiger partial charge is 0.423 e. The van der Waals surface area contributed by atoms with Crippen molar-refractivity contribution in [3.05, 3.63) is 23.5 Å². The first-order valence-corrected chi connectivity index (χ1v) is 5.10. The number of pyridine rings is 1. The van der Waals surface area contributed by atoms with E-state index in [4.69, 9.17) is 14.8 Å². The molecule has 0 aromatic carbocycles. The predicted molar refractivity (Wildman–Crippen MR) is 57.0 cm³/mol. The topological polar surface area (TPSA) is 62.6 Å². The van der Waals surface area contributed by atoms with Crippen LogP contribution >= 0.6 is 0 Å². The van der Waals surface area contributed by atoms with Crippen LogP contribution in [0.3, 0.4) is 0 Å². The summed E-state index contributed by atoms with van der Waals surface area (Å²) in [6.07, 6.45) is 0.994. The molecule has 0 amide bonds. The van der Waals surface area contributed by atoms with E-state index in [0.29, 0.717) is 23.7 Å². The van der Waals surface area contributed by atoms with E-state index in [1.165, 1.54) is 0 Å². The fourth-order valence-electron chi connectivity index (χ4n) is 1.86. The number of aryl methyl sites for hydroxylation is 1. The molecule has 1 unspecified atom stereocenters. The summed E-state index contributed by atoms with van der Waals surface area (Å²) >= 11 is 0. The molecule has 1 aromatic heterocycles. The summed E-state index contributed by atoms with van der Waals surface area (Å²) in [6.45, 7) is 3.29. The van der Waals surface area contributed by atoms with Gasteiger partial charge in [0.1, 0.15) is 0 Å². The van der Waals surface area contributed by atoms with Crippen LogP contribution in [0, 0.1) is 6.92 Å². The molecule has 2 N–H and O–H groups in total. The van der Waals surface area contributed by atoms with Crippen molar-refractivity contribution >= 4 is 12.6 Å². The molecule has 0 saturated carbocycles. The molecule has 1 atom stereocenters. The van der Waals surface area contributed by atoms with Gasteiger partial charge in [-0.3, -0.25) is 4.98 Å². The monoisotopic (exact) mass is 207 g/mol. The van der Waals surface area contributed by atoms with Gasteiger partial charge in [0.15, 0.2) is 0 Å². The van der Waals surface area contributed by atoms with Crippen molar-refractivity contribution in [2.24, 2.45) is 0 Å². The molecule has 1 saturated heterocycles. The molecule has 0 bridgehead atoms. The second-order valence-electron chi connectivity index (χ2n) is 3.84. The minimum Gasteiger partial charge on any atom is -0.423 e. The lowest BCUT2D eigenvalue weighted by Gasteiger charge is -2.10. The van der Waals surface area contributed by atoms with Gasteiger partial charge in [-0.2, -0.15) is 0 Å². The highest BCUT2D eigenvalue weighted by molar-refractivity contribution is 6.59. The van der Waals surface area contributed by atoms with Crippen LogP contribution in [0.1, 0.15) is 23.7 Å². The Balaban J connectivity index is 2.24. The van der Waals surface area contributed by atoms with Crippen molar-refractivity contribution in [2.45, 2.75) is 19.3 Å². The van der Waals surface area contributed by atoms with Gasteiger partial charge < -0.3 is 14.8 Å². The summed E-state index contributed by atoms with van der Waals surface area (Å²) in [7, 11) is -1.44. The summed E-state index contributed by atoms with van der Waals surface area (Å²) in [5.74, 6) is 0.355. The first-order valence-electron chi connectivity index (χ1n) is 5.10. The Morgan fingerprint density at radius 3 is 2.80 bits per heavy atom. The van der Waals surface area contributed by atoms with Crippen molar-refractivity contribution in [3.63, 3.8) is 0 Å². The third-order valence-electron chi connectivity index (χ3n) is 2.77. The predicted octanol–water partition coefficient (Wildman–Crippen LogP) is -0.426. The zero-order valence-electron chi connectivity index (χ0n) is 8.68. The van der Waals surface area contributed by atoms with Crippen molar-refractivity contribution < 1.29 is 14.8 Å². The minimum atomic E-state index is -1.44. The number of hydrogen-bond donors (Lipinski definition) is 2. The third kappa shape index (κ3) is 2.20. The van der Waals surface area contributed by atoms with Gasteiger partial charge in [0.25, 0.3) is 0 Å². The van der Waals surface area contributed by atoms with Crippen molar-refractivity contribution in [2.75, 3.05) is 13.2 Å². The molecule has 2 rings (SSSR count). The van der Waals surface area contributed by atoms with Gasteiger partial charge in [-0.15, -0.1) is 0 Å². The van der Waals surface area contributed by atoms with Crippen molar-refractivity contribution in [1.29, 1.82) is 0 Å². The number of aromatic nitrogens is 1. The van der Waals surface area contributed by atoms with E-state index in [1.807, 2.05) is 6.07 Å². The summed E-state index contributed by atoms with van der Waals surface area (Å²) in [5, 5.41) is 18.1. The number of hydrogen-bond acceptors (Lipinski definition) is 4. The van der Waals surface area contributed by atoms with E-state index in [2.05, 4.69) is 4.98 Å². The molecule has 15 heavy (non-hydrogen) atoms. The lowest BCUT2D eigenvalue weighted by Crippen LogP contribution is -2.33. The second-order valence-corrected chi connectivity index (χ2v) is 3.84. The van der Waals surface area contributed by atoms with Crippen LogP contribution in [0.15, 0.2) is 12.1 Å². The molecule has 1 aromatic rings.